The quantitative estimate of drug-likeness (QED) is 0.168. The summed E-state index contributed by atoms with van der Waals surface area (Å²) in [6.07, 6.45) is 11.6. The predicted octanol–water partition coefficient (Wildman–Crippen LogP) is 0.156. The molecule has 1 N–H and O–H groups in total. The smallest absolute Gasteiger partial charge is 0.726 e. The van der Waals surface area contributed by atoms with Crippen molar-refractivity contribution in [2.24, 2.45) is 0 Å². The zero-order valence-corrected chi connectivity index (χ0v) is 18.2. The zero-order valence-electron chi connectivity index (χ0n) is 15.4. The molecule has 0 aromatic rings. The van der Waals surface area contributed by atoms with Gasteiger partial charge in [-0.2, -0.15) is 0 Å². The molecule has 0 spiro atoms. The van der Waals surface area contributed by atoms with Gasteiger partial charge in [0.25, 0.3) is 0 Å². The van der Waals surface area contributed by atoms with Gasteiger partial charge < -0.3 is 14.4 Å². The third-order valence-corrected chi connectivity index (χ3v) is 4.18. The van der Waals surface area contributed by atoms with E-state index in [4.69, 9.17) is 9.84 Å². The Morgan fingerprint density at radius 3 is 1.92 bits per heavy atom. The average Bonchev–Trinajstić information content (AvgIpc) is 2.47. The molecule has 0 aliphatic heterocycles. The Morgan fingerprint density at radius 1 is 0.958 bits per heavy atom. The molecular weight excluding hydrogens is 343 g/mol. The fourth-order valence-corrected chi connectivity index (χ4v) is 2.95. The van der Waals surface area contributed by atoms with E-state index in [0.29, 0.717) is 6.42 Å². The van der Waals surface area contributed by atoms with Gasteiger partial charge in [0.15, 0.2) is 0 Å². The van der Waals surface area contributed by atoms with Crippen molar-refractivity contribution in [3.63, 3.8) is 0 Å². The van der Waals surface area contributed by atoms with Gasteiger partial charge in [0.05, 0.1) is 25.9 Å². The van der Waals surface area contributed by atoms with E-state index in [1.54, 1.807) is 0 Å². The molecule has 1 atom stereocenters. The van der Waals surface area contributed by atoms with Crippen LogP contribution < -0.4 is 29.6 Å². The monoisotopic (exact) mass is 376 g/mol. The molecule has 0 bridgehead atoms. The van der Waals surface area contributed by atoms with Crippen molar-refractivity contribution in [1.29, 1.82) is 0 Å². The molecule has 0 aliphatic carbocycles. The Morgan fingerprint density at radius 2 is 1.46 bits per heavy atom. The molecule has 140 valence electrons. The maximum atomic E-state index is 10.7. The SMILES string of the molecule is CCCCCCCCCCCCC(COCCO)OS(=O)(=O)[O-].[Na+]. The summed E-state index contributed by atoms with van der Waals surface area (Å²) in [5.74, 6) is 0. The summed E-state index contributed by atoms with van der Waals surface area (Å²) in [4.78, 5) is 0. The number of rotatable bonds is 17. The minimum atomic E-state index is -4.72. The van der Waals surface area contributed by atoms with Gasteiger partial charge in [0.1, 0.15) is 0 Å². The molecule has 0 saturated carbocycles. The molecule has 0 amide bonds. The van der Waals surface area contributed by atoms with Crippen molar-refractivity contribution < 1.29 is 56.6 Å². The largest absolute Gasteiger partial charge is 1.00 e. The van der Waals surface area contributed by atoms with Crippen LogP contribution in [0.1, 0.15) is 77.6 Å². The number of ether oxygens (including phenoxy) is 1. The van der Waals surface area contributed by atoms with Crippen LogP contribution in [-0.2, 0) is 19.3 Å². The van der Waals surface area contributed by atoms with Gasteiger partial charge >= 0.3 is 29.6 Å². The third-order valence-electron chi connectivity index (χ3n) is 3.67. The Labute approximate surface area is 169 Å². The van der Waals surface area contributed by atoms with Crippen LogP contribution in [0.25, 0.3) is 0 Å². The van der Waals surface area contributed by atoms with E-state index in [-0.39, 0.29) is 49.4 Å². The summed E-state index contributed by atoms with van der Waals surface area (Å²) < 4.78 is 41.6. The second-order valence-electron chi connectivity index (χ2n) is 5.90. The van der Waals surface area contributed by atoms with Crippen molar-refractivity contribution in [2.75, 3.05) is 19.8 Å². The Bertz CT molecular complexity index is 350. The van der Waals surface area contributed by atoms with Gasteiger partial charge in [-0.3, -0.25) is 4.18 Å². The molecule has 0 heterocycles. The Balaban J connectivity index is 0. The number of hydrogen-bond acceptors (Lipinski definition) is 6. The van der Waals surface area contributed by atoms with Gasteiger partial charge in [-0.05, 0) is 6.42 Å². The molecule has 0 aromatic carbocycles. The molecule has 8 heteroatoms. The minimum Gasteiger partial charge on any atom is -0.726 e. The van der Waals surface area contributed by atoms with Crippen molar-refractivity contribution in [2.45, 2.75) is 83.7 Å². The summed E-state index contributed by atoms with van der Waals surface area (Å²) in [6, 6.07) is 0. The molecule has 0 aromatic heterocycles. The maximum absolute atomic E-state index is 10.7. The van der Waals surface area contributed by atoms with Crippen molar-refractivity contribution >= 4 is 10.4 Å². The van der Waals surface area contributed by atoms with Gasteiger partial charge in [0, 0.05) is 0 Å². The summed E-state index contributed by atoms with van der Waals surface area (Å²) in [5, 5.41) is 8.63. The van der Waals surface area contributed by atoms with Gasteiger partial charge in [-0.25, -0.2) is 8.42 Å². The Hall–Kier alpha value is 0.790. The fourth-order valence-electron chi connectivity index (χ4n) is 2.46. The van der Waals surface area contributed by atoms with Crippen molar-refractivity contribution in [1.82, 2.24) is 0 Å². The zero-order chi connectivity index (χ0) is 17.4. The van der Waals surface area contributed by atoms with Crippen LogP contribution >= 0.6 is 0 Å². The van der Waals surface area contributed by atoms with E-state index in [2.05, 4.69) is 11.1 Å². The maximum Gasteiger partial charge on any atom is 1.00 e. The first kappa shape index (κ1) is 27.0. The van der Waals surface area contributed by atoms with Gasteiger partial charge in [-0.1, -0.05) is 71.1 Å². The van der Waals surface area contributed by atoms with Crippen LogP contribution in [0.3, 0.4) is 0 Å². The Kier molecular flexibility index (Phi) is 20.9. The van der Waals surface area contributed by atoms with Crippen LogP contribution in [0, 0.1) is 0 Å². The molecule has 6 nitrogen and oxygen atoms in total. The first-order chi connectivity index (χ1) is 11.0. The van der Waals surface area contributed by atoms with E-state index in [1.807, 2.05) is 0 Å². The van der Waals surface area contributed by atoms with E-state index >= 15 is 0 Å². The van der Waals surface area contributed by atoms with Crippen LogP contribution in [0.5, 0.6) is 0 Å². The second kappa shape index (κ2) is 18.6. The van der Waals surface area contributed by atoms with E-state index in [1.165, 1.54) is 44.9 Å². The molecule has 0 aliphatic rings. The molecule has 24 heavy (non-hydrogen) atoms. The van der Waals surface area contributed by atoms with Gasteiger partial charge in [0.2, 0.25) is 10.4 Å². The molecule has 0 saturated heterocycles. The molecule has 0 radical (unpaired) electrons. The molecule has 0 rings (SSSR count). The number of aliphatic hydroxyl groups excluding tert-OH is 1. The summed E-state index contributed by atoms with van der Waals surface area (Å²) in [7, 11) is -4.72. The summed E-state index contributed by atoms with van der Waals surface area (Å²) in [6.45, 7) is 2.19. The van der Waals surface area contributed by atoms with Crippen LogP contribution in [0.4, 0.5) is 0 Å². The first-order valence-electron chi connectivity index (χ1n) is 8.82. The molecule has 0 fully saturated rings. The molecular formula is C16H33NaO6S. The van der Waals surface area contributed by atoms with Gasteiger partial charge in [-0.15, -0.1) is 0 Å². The van der Waals surface area contributed by atoms with Crippen LogP contribution in [0.15, 0.2) is 0 Å². The van der Waals surface area contributed by atoms with Crippen molar-refractivity contribution in [3.05, 3.63) is 0 Å². The first-order valence-corrected chi connectivity index (χ1v) is 10.2. The minimum absolute atomic E-state index is 0. The van der Waals surface area contributed by atoms with Crippen LogP contribution in [-0.4, -0.2) is 44.0 Å². The predicted molar refractivity (Wildman–Crippen MR) is 88.9 cm³/mol. The van der Waals surface area contributed by atoms with E-state index < -0.39 is 16.5 Å². The summed E-state index contributed by atoms with van der Waals surface area (Å²) in [5.41, 5.74) is 0. The number of hydrogen-bond donors (Lipinski definition) is 1. The topological polar surface area (TPSA) is 95.9 Å². The van der Waals surface area contributed by atoms with Crippen molar-refractivity contribution in [3.8, 4) is 0 Å². The third kappa shape index (κ3) is 20.8. The number of unbranched alkanes of at least 4 members (excludes halogenated alkanes) is 9. The van der Waals surface area contributed by atoms with E-state index in [0.717, 1.165) is 19.3 Å². The van der Waals surface area contributed by atoms with Crippen LogP contribution in [0.2, 0.25) is 0 Å². The second-order valence-corrected chi connectivity index (χ2v) is 6.90. The van der Waals surface area contributed by atoms with E-state index in [9.17, 15) is 13.0 Å². The number of aliphatic hydroxyl groups is 1. The normalized spacial score (nSPS) is 12.8. The summed E-state index contributed by atoms with van der Waals surface area (Å²) >= 11 is 0. The average molecular weight is 376 g/mol. The molecule has 1 unspecified atom stereocenters. The standard InChI is InChI=1S/C16H34O6S.Na/c1-2-3-4-5-6-7-8-9-10-11-12-16(15-21-14-13-17)22-23(18,19)20;/h16-17H,2-15H2,1H3,(H,18,19,20);/q;+1/p-1. The fraction of sp³-hybridized carbons (Fsp3) is 1.00.